The van der Waals surface area contributed by atoms with Crippen molar-refractivity contribution >= 4 is 0 Å². The molecule has 1 saturated heterocycles. The molecule has 0 unspecified atom stereocenters. The Morgan fingerprint density at radius 3 is 2.73 bits per heavy atom. The Kier molecular flexibility index (Phi) is 5.01. The van der Waals surface area contributed by atoms with Crippen molar-refractivity contribution in [1.82, 2.24) is 4.90 Å². The van der Waals surface area contributed by atoms with Crippen LogP contribution in [0.25, 0.3) is 0 Å². The number of hydrogen-bond donors (Lipinski definition) is 1. The molecular weight excluding hydrogens is 278 g/mol. The van der Waals surface area contributed by atoms with E-state index in [1.54, 1.807) is 0 Å². The van der Waals surface area contributed by atoms with E-state index in [0.717, 1.165) is 25.3 Å². The van der Waals surface area contributed by atoms with Crippen molar-refractivity contribution in [1.29, 1.82) is 0 Å². The summed E-state index contributed by atoms with van der Waals surface area (Å²) in [6.45, 7) is 6.90. The topological polar surface area (TPSA) is 41.9 Å². The number of fused-ring (bicyclic) bond motifs is 1. The van der Waals surface area contributed by atoms with Gasteiger partial charge in [-0.3, -0.25) is 4.90 Å². The zero-order valence-corrected chi connectivity index (χ0v) is 13.6. The average molecular weight is 305 g/mol. The van der Waals surface area contributed by atoms with Crippen LogP contribution < -0.4 is 4.74 Å². The molecule has 1 heterocycles. The van der Waals surface area contributed by atoms with E-state index in [0.29, 0.717) is 13.2 Å². The van der Waals surface area contributed by atoms with Crippen molar-refractivity contribution in [3.63, 3.8) is 0 Å². The summed E-state index contributed by atoms with van der Waals surface area (Å²) in [6, 6.07) is 6.32. The van der Waals surface area contributed by atoms with Gasteiger partial charge in [0, 0.05) is 19.6 Å². The lowest BCUT2D eigenvalue weighted by molar-refractivity contribution is -0.0786. The van der Waals surface area contributed by atoms with Crippen LogP contribution in [0.3, 0.4) is 0 Å². The third-order valence-electron chi connectivity index (χ3n) is 4.48. The maximum Gasteiger partial charge on any atom is 0.119 e. The standard InChI is InChI=1S/C18H27NO3/c1-13-9-19(10-14(2)22-13)11-17(20)12-21-18-7-6-15-4-3-5-16(15)8-18/h6-8,13-14,17,20H,3-5,9-12H2,1-2H3/t13-,14+,17-/m0/s1. The summed E-state index contributed by atoms with van der Waals surface area (Å²) >= 11 is 0. The van der Waals surface area contributed by atoms with Crippen LogP contribution in [0.5, 0.6) is 5.75 Å². The predicted octanol–water partition coefficient (Wildman–Crippen LogP) is 2.02. The molecule has 1 aromatic carbocycles. The Morgan fingerprint density at radius 1 is 1.23 bits per heavy atom. The van der Waals surface area contributed by atoms with Gasteiger partial charge in [-0.1, -0.05) is 6.07 Å². The summed E-state index contributed by atoms with van der Waals surface area (Å²) in [4.78, 5) is 2.26. The van der Waals surface area contributed by atoms with Gasteiger partial charge in [-0.2, -0.15) is 0 Å². The number of benzene rings is 1. The average Bonchev–Trinajstić information content (AvgIpc) is 2.91. The van der Waals surface area contributed by atoms with Crippen LogP contribution in [-0.4, -0.2) is 54.6 Å². The van der Waals surface area contributed by atoms with E-state index >= 15 is 0 Å². The predicted molar refractivity (Wildman–Crippen MR) is 86.4 cm³/mol. The smallest absolute Gasteiger partial charge is 0.119 e. The minimum Gasteiger partial charge on any atom is -0.491 e. The van der Waals surface area contributed by atoms with Crippen molar-refractivity contribution < 1.29 is 14.6 Å². The third-order valence-corrected chi connectivity index (χ3v) is 4.48. The number of hydrogen-bond acceptors (Lipinski definition) is 4. The lowest BCUT2D eigenvalue weighted by Gasteiger charge is -2.36. The largest absolute Gasteiger partial charge is 0.491 e. The first-order chi connectivity index (χ1) is 10.6. The zero-order chi connectivity index (χ0) is 15.5. The Balaban J connectivity index is 1.47. The van der Waals surface area contributed by atoms with Gasteiger partial charge in [0.2, 0.25) is 0 Å². The van der Waals surface area contributed by atoms with Crippen molar-refractivity contribution in [2.75, 3.05) is 26.2 Å². The van der Waals surface area contributed by atoms with Crippen molar-refractivity contribution in [2.45, 2.75) is 51.4 Å². The quantitative estimate of drug-likeness (QED) is 0.904. The number of aryl methyl sites for hydroxylation is 2. The molecule has 1 fully saturated rings. The van der Waals surface area contributed by atoms with Gasteiger partial charge in [0.25, 0.3) is 0 Å². The third kappa shape index (κ3) is 4.00. The van der Waals surface area contributed by atoms with Crippen LogP contribution in [0, 0.1) is 0 Å². The minimum absolute atomic E-state index is 0.230. The molecule has 1 aliphatic heterocycles. The van der Waals surface area contributed by atoms with E-state index in [4.69, 9.17) is 9.47 Å². The second-order valence-corrected chi connectivity index (χ2v) is 6.72. The molecule has 4 heteroatoms. The molecule has 22 heavy (non-hydrogen) atoms. The van der Waals surface area contributed by atoms with E-state index in [1.165, 1.54) is 24.0 Å². The molecule has 0 amide bonds. The number of ether oxygens (including phenoxy) is 2. The van der Waals surface area contributed by atoms with Gasteiger partial charge < -0.3 is 14.6 Å². The number of aliphatic hydroxyl groups is 1. The summed E-state index contributed by atoms with van der Waals surface area (Å²) in [5.41, 5.74) is 2.85. The highest BCUT2D eigenvalue weighted by atomic mass is 16.5. The van der Waals surface area contributed by atoms with Gasteiger partial charge in [-0.25, -0.2) is 0 Å². The van der Waals surface area contributed by atoms with E-state index < -0.39 is 6.10 Å². The lowest BCUT2D eigenvalue weighted by Crippen LogP contribution is -2.48. The zero-order valence-electron chi connectivity index (χ0n) is 13.6. The van der Waals surface area contributed by atoms with E-state index in [2.05, 4.69) is 30.9 Å². The first-order valence-corrected chi connectivity index (χ1v) is 8.40. The summed E-state index contributed by atoms with van der Waals surface area (Å²) in [6.07, 6.45) is 3.58. The highest BCUT2D eigenvalue weighted by Gasteiger charge is 2.24. The van der Waals surface area contributed by atoms with Crippen LogP contribution in [0.2, 0.25) is 0 Å². The van der Waals surface area contributed by atoms with Gasteiger partial charge in [0.05, 0.1) is 12.2 Å². The van der Waals surface area contributed by atoms with Gasteiger partial charge in [0.15, 0.2) is 0 Å². The van der Waals surface area contributed by atoms with Gasteiger partial charge >= 0.3 is 0 Å². The second-order valence-electron chi connectivity index (χ2n) is 6.72. The van der Waals surface area contributed by atoms with Crippen LogP contribution in [0.1, 0.15) is 31.4 Å². The highest BCUT2D eigenvalue weighted by Crippen LogP contribution is 2.26. The number of aliphatic hydroxyl groups excluding tert-OH is 1. The van der Waals surface area contributed by atoms with Crippen LogP contribution >= 0.6 is 0 Å². The molecule has 122 valence electrons. The molecule has 3 atom stereocenters. The summed E-state index contributed by atoms with van der Waals surface area (Å²) in [5, 5.41) is 10.2. The number of nitrogens with zero attached hydrogens (tertiary/aromatic N) is 1. The van der Waals surface area contributed by atoms with Gasteiger partial charge in [-0.15, -0.1) is 0 Å². The van der Waals surface area contributed by atoms with Crippen molar-refractivity contribution in [2.24, 2.45) is 0 Å². The number of rotatable bonds is 5. The molecule has 2 aliphatic rings. The molecule has 1 aromatic rings. The minimum atomic E-state index is -0.467. The molecule has 0 radical (unpaired) electrons. The molecule has 1 aliphatic carbocycles. The van der Waals surface area contributed by atoms with E-state index in [-0.39, 0.29) is 12.2 Å². The normalized spacial score (nSPS) is 26.7. The monoisotopic (exact) mass is 305 g/mol. The fourth-order valence-corrected chi connectivity index (χ4v) is 3.61. The van der Waals surface area contributed by atoms with Crippen LogP contribution in [0.4, 0.5) is 0 Å². The Bertz CT molecular complexity index is 495. The first kappa shape index (κ1) is 15.8. The lowest BCUT2D eigenvalue weighted by atomic mass is 10.1. The summed E-state index contributed by atoms with van der Waals surface area (Å²) in [5.74, 6) is 0.878. The van der Waals surface area contributed by atoms with Crippen LogP contribution in [-0.2, 0) is 17.6 Å². The fourth-order valence-electron chi connectivity index (χ4n) is 3.61. The Labute approximate surface area is 133 Å². The second kappa shape index (κ2) is 6.99. The Morgan fingerprint density at radius 2 is 1.95 bits per heavy atom. The number of β-amino-alcohol motifs (C(OH)–C–C–N with tert-alkyl or cyclic N) is 1. The fraction of sp³-hybridized carbons (Fsp3) is 0.667. The van der Waals surface area contributed by atoms with Gasteiger partial charge in [-0.05, 0) is 56.4 Å². The Hall–Kier alpha value is -1.10. The number of morpholine rings is 1. The molecule has 0 bridgehead atoms. The molecular formula is C18H27NO3. The summed E-state index contributed by atoms with van der Waals surface area (Å²) < 4.78 is 11.5. The molecule has 3 rings (SSSR count). The molecule has 1 N–H and O–H groups in total. The molecule has 0 aromatic heterocycles. The maximum atomic E-state index is 10.2. The maximum absolute atomic E-state index is 10.2. The first-order valence-electron chi connectivity index (χ1n) is 8.40. The molecule has 0 saturated carbocycles. The molecule has 4 nitrogen and oxygen atoms in total. The molecule has 0 spiro atoms. The van der Waals surface area contributed by atoms with Gasteiger partial charge in [0.1, 0.15) is 18.5 Å². The van der Waals surface area contributed by atoms with Crippen molar-refractivity contribution in [3.8, 4) is 5.75 Å². The van der Waals surface area contributed by atoms with Crippen LogP contribution in [0.15, 0.2) is 18.2 Å². The van der Waals surface area contributed by atoms with E-state index in [9.17, 15) is 5.11 Å². The highest BCUT2D eigenvalue weighted by molar-refractivity contribution is 5.38. The van der Waals surface area contributed by atoms with E-state index in [1.807, 2.05) is 6.07 Å². The van der Waals surface area contributed by atoms with Crippen molar-refractivity contribution in [3.05, 3.63) is 29.3 Å². The SMILES string of the molecule is C[C@@H]1CN(C[C@H](O)COc2ccc3c(c2)CCC3)C[C@H](C)O1. The summed E-state index contributed by atoms with van der Waals surface area (Å²) in [7, 11) is 0.